The van der Waals surface area contributed by atoms with Gasteiger partial charge in [0.05, 0.1) is 13.2 Å². The highest BCUT2D eigenvalue weighted by Gasteiger charge is 2.22. The summed E-state index contributed by atoms with van der Waals surface area (Å²) in [7, 11) is -3.97. The Bertz CT molecular complexity index is 503. The molecule has 0 saturated heterocycles. The summed E-state index contributed by atoms with van der Waals surface area (Å²) in [6.45, 7) is -1.79. The van der Waals surface area contributed by atoms with Gasteiger partial charge in [0.15, 0.2) is 0 Å². The van der Waals surface area contributed by atoms with Crippen molar-refractivity contribution < 1.29 is 22.3 Å². The number of hydrogen-bond donors (Lipinski definition) is 1. The molecule has 0 aliphatic carbocycles. The van der Waals surface area contributed by atoms with E-state index in [9.17, 15) is 17.2 Å². The van der Waals surface area contributed by atoms with E-state index in [4.69, 9.17) is 5.11 Å². The number of hydrogen-bond acceptors (Lipinski definition) is 3. The molecule has 0 radical (unpaired) electrons. The molecule has 0 aliphatic rings. The average molecular weight is 291 g/mol. The number of aliphatic hydroxyl groups excluding tert-OH is 1. The Morgan fingerprint density at radius 3 is 2.42 bits per heavy atom. The van der Waals surface area contributed by atoms with E-state index in [0.717, 1.165) is 5.41 Å². The molecule has 0 heterocycles. The molecule has 106 valence electrons. The van der Waals surface area contributed by atoms with Crippen LogP contribution in [0.1, 0.15) is 5.56 Å². The van der Waals surface area contributed by atoms with Crippen molar-refractivity contribution in [3.8, 4) is 0 Å². The lowest BCUT2D eigenvalue weighted by atomic mass is 10.2. The highest BCUT2D eigenvalue weighted by Crippen LogP contribution is 2.10. The van der Waals surface area contributed by atoms with Crippen LogP contribution in [0.15, 0.2) is 35.7 Å². The molecule has 1 N–H and O–H groups in total. The van der Waals surface area contributed by atoms with Gasteiger partial charge in [-0.05, 0) is 11.6 Å². The van der Waals surface area contributed by atoms with E-state index in [0.29, 0.717) is 9.87 Å². The number of benzene rings is 1. The van der Waals surface area contributed by atoms with Crippen molar-refractivity contribution in [1.29, 1.82) is 0 Å². The average Bonchev–Trinajstić information content (AvgIpc) is 2.37. The fourth-order valence-corrected chi connectivity index (χ4v) is 2.56. The molecule has 19 heavy (non-hydrogen) atoms. The number of rotatable bonds is 7. The van der Waals surface area contributed by atoms with Gasteiger partial charge in [-0.3, -0.25) is 0 Å². The summed E-state index contributed by atoms with van der Waals surface area (Å²) in [6, 6.07) is 8.62. The van der Waals surface area contributed by atoms with Gasteiger partial charge in [0, 0.05) is 12.0 Å². The van der Waals surface area contributed by atoms with E-state index in [2.05, 4.69) is 0 Å². The number of alkyl halides is 2. The highest BCUT2D eigenvalue weighted by molar-refractivity contribution is 7.92. The number of sulfonamides is 1. The zero-order valence-electron chi connectivity index (χ0n) is 10.1. The van der Waals surface area contributed by atoms with Gasteiger partial charge in [-0.15, -0.1) is 0 Å². The van der Waals surface area contributed by atoms with Gasteiger partial charge in [-0.25, -0.2) is 17.2 Å². The highest BCUT2D eigenvalue weighted by atomic mass is 32.2. The Labute approximate surface area is 111 Å². The van der Waals surface area contributed by atoms with Crippen LogP contribution in [-0.2, 0) is 10.0 Å². The molecule has 1 aromatic rings. The summed E-state index contributed by atoms with van der Waals surface area (Å²) in [5.74, 6) is 0. The van der Waals surface area contributed by atoms with E-state index in [1.807, 2.05) is 0 Å². The minimum atomic E-state index is -3.97. The van der Waals surface area contributed by atoms with Crippen LogP contribution >= 0.6 is 0 Å². The van der Waals surface area contributed by atoms with Crippen molar-refractivity contribution in [3.05, 3.63) is 41.3 Å². The number of halogens is 2. The van der Waals surface area contributed by atoms with Crippen molar-refractivity contribution >= 4 is 16.1 Å². The van der Waals surface area contributed by atoms with Gasteiger partial charge in [0.1, 0.15) is 0 Å². The first-order valence-electron chi connectivity index (χ1n) is 5.58. The maximum Gasteiger partial charge on any atom is 0.252 e. The van der Waals surface area contributed by atoms with E-state index in [-0.39, 0.29) is 6.54 Å². The molecule has 1 aromatic carbocycles. The first-order valence-corrected chi connectivity index (χ1v) is 7.08. The topological polar surface area (TPSA) is 57.6 Å². The quantitative estimate of drug-likeness (QED) is 0.829. The molecular formula is C12H15F2NO3S. The van der Waals surface area contributed by atoms with E-state index >= 15 is 0 Å². The van der Waals surface area contributed by atoms with Gasteiger partial charge >= 0.3 is 0 Å². The van der Waals surface area contributed by atoms with Gasteiger partial charge in [-0.1, -0.05) is 30.3 Å². The smallest absolute Gasteiger partial charge is 0.252 e. The van der Waals surface area contributed by atoms with Crippen LogP contribution < -0.4 is 0 Å². The van der Waals surface area contributed by atoms with E-state index in [1.165, 1.54) is 6.08 Å². The summed E-state index contributed by atoms with van der Waals surface area (Å²) in [4.78, 5) is 0. The first-order chi connectivity index (χ1) is 8.95. The zero-order chi connectivity index (χ0) is 14.3. The lowest BCUT2D eigenvalue weighted by molar-refractivity contribution is 0.113. The predicted octanol–water partition coefficient (Wildman–Crippen LogP) is 1.55. The molecule has 4 nitrogen and oxygen atoms in total. The summed E-state index contributed by atoms with van der Waals surface area (Å²) in [6.07, 6.45) is -1.46. The molecule has 0 fully saturated rings. The number of nitrogens with zero attached hydrogens (tertiary/aromatic N) is 1. The third-order valence-corrected chi connectivity index (χ3v) is 3.81. The number of aliphatic hydroxyl groups is 1. The molecule has 0 spiro atoms. The van der Waals surface area contributed by atoms with Crippen LogP contribution in [-0.4, -0.2) is 44.0 Å². The van der Waals surface area contributed by atoms with Crippen LogP contribution in [0, 0.1) is 0 Å². The predicted molar refractivity (Wildman–Crippen MR) is 69.1 cm³/mol. The lowest BCUT2D eigenvalue weighted by Crippen LogP contribution is -2.35. The normalized spacial score (nSPS) is 12.7. The van der Waals surface area contributed by atoms with Crippen molar-refractivity contribution in [2.24, 2.45) is 0 Å². The SMILES string of the molecule is O=S(=O)(/C=C/c1ccccc1)N(CCO)CC(F)F. The molecule has 0 aromatic heterocycles. The van der Waals surface area contributed by atoms with Gasteiger partial charge in [-0.2, -0.15) is 4.31 Å². The van der Waals surface area contributed by atoms with Gasteiger partial charge in [0.25, 0.3) is 6.43 Å². The molecule has 0 amide bonds. The maximum atomic E-state index is 12.3. The first kappa shape index (κ1) is 15.7. The Kier molecular flexibility index (Phi) is 6.07. The molecule has 1 rings (SSSR count). The van der Waals surface area contributed by atoms with Crippen LogP contribution in [0.25, 0.3) is 6.08 Å². The lowest BCUT2D eigenvalue weighted by Gasteiger charge is -2.18. The largest absolute Gasteiger partial charge is 0.395 e. The Morgan fingerprint density at radius 2 is 1.89 bits per heavy atom. The Morgan fingerprint density at radius 1 is 1.26 bits per heavy atom. The third-order valence-electron chi connectivity index (χ3n) is 2.28. The van der Waals surface area contributed by atoms with Crippen molar-refractivity contribution in [2.75, 3.05) is 19.7 Å². The molecular weight excluding hydrogens is 276 g/mol. The fraction of sp³-hybridized carbons (Fsp3) is 0.333. The molecule has 0 saturated carbocycles. The summed E-state index contributed by atoms with van der Waals surface area (Å²) >= 11 is 0. The van der Waals surface area contributed by atoms with Crippen LogP contribution in [0.4, 0.5) is 8.78 Å². The minimum Gasteiger partial charge on any atom is -0.395 e. The maximum absolute atomic E-state index is 12.3. The van der Waals surface area contributed by atoms with E-state index < -0.39 is 29.6 Å². The fourth-order valence-electron chi connectivity index (χ4n) is 1.40. The second-order valence-corrected chi connectivity index (χ2v) is 5.55. The monoisotopic (exact) mass is 291 g/mol. The zero-order valence-corrected chi connectivity index (χ0v) is 10.9. The second kappa shape index (κ2) is 7.32. The Balaban J connectivity index is 2.85. The standard InChI is InChI=1S/C12H15F2NO3S/c13-12(14)10-15(7-8-16)19(17,18)9-6-11-4-2-1-3-5-11/h1-6,9,12,16H,7-8,10H2/b9-6+. The molecule has 7 heteroatoms. The van der Waals surface area contributed by atoms with Crippen LogP contribution in [0.3, 0.4) is 0 Å². The molecule has 0 aliphatic heterocycles. The Hall–Kier alpha value is -1.31. The summed E-state index contributed by atoms with van der Waals surface area (Å²) < 4.78 is 48.8. The van der Waals surface area contributed by atoms with Crippen LogP contribution in [0.5, 0.6) is 0 Å². The van der Waals surface area contributed by atoms with Gasteiger partial charge in [0.2, 0.25) is 10.0 Å². The summed E-state index contributed by atoms with van der Waals surface area (Å²) in [5.41, 5.74) is 0.645. The molecule has 0 unspecified atom stereocenters. The van der Waals surface area contributed by atoms with Crippen molar-refractivity contribution in [1.82, 2.24) is 4.31 Å². The van der Waals surface area contributed by atoms with Crippen LogP contribution in [0.2, 0.25) is 0 Å². The molecule has 0 atom stereocenters. The third kappa shape index (κ3) is 5.46. The minimum absolute atomic E-state index is 0.355. The van der Waals surface area contributed by atoms with Crippen molar-refractivity contribution in [3.63, 3.8) is 0 Å². The van der Waals surface area contributed by atoms with Gasteiger partial charge < -0.3 is 5.11 Å². The molecule has 0 bridgehead atoms. The summed E-state index contributed by atoms with van der Waals surface area (Å²) in [5, 5.41) is 9.58. The second-order valence-electron chi connectivity index (χ2n) is 3.73. The van der Waals surface area contributed by atoms with Crippen molar-refractivity contribution in [2.45, 2.75) is 6.43 Å². The van der Waals surface area contributed by atoms with E-state index in [1.54, 1.807) is 30.3 Å².